The highest BCUT2D eigenvalue weighted by Crippen LogP contribution is 2.20. The Kier molecular flexibility index (Phi) is 5.10. The van der Waals surface area contributed by atoms with Crippen LogP contribution in [0.1, 0.15) is 29.2 Å². The first-order valence-corrected chi connectivity index (χ1v) is 8.93. The summed E-state index contributed by atoms with van der Waals surface area (Å²) in [5.41, 5.74) is 1.79. The van der Waals surface area contributed by atoms with Crippen LogP contribution in [0.2, 0.25) is 0 Å². The number of aryl methyl sites for hydroxylation is 1. The molecule has 1 atom stereocenters. The van der Waals surface area contributed by atoms with Gasteiger partial charge in [-0.3, -0.25) is 0 Å². The molecule has 0 aliphatic rings. The Morgan fingerprint density at radius 2 is 2.00 bits per heavy atom. The van der Waals surface area contributed by atoms with Crippen molar-refractivity contribution >= 4 is 21.4 Å². The average molecular weight is 326 g/mol. The number of benzene rings is 1. The van der Waals surface area contributed by atoms with E-state index in [9.17, 15) is 8.42 Å². The maximum Gasteiger partial charge on any atom is 0.241 e. The number of nitrogens with one attached hydrogen (secondary N) is 1. The van der Waals surface area contributed by atoms with Crippen LogP contribution in [-0.4, -0.2) is 25.1 Å². The number of sulfonamides is 1. The van der Waals surface area contributed by atoms with Crippen LogP contribution >= 0.6 is 11.3 Å². The summed E-state index contributed by atoms with van der Waals surface area (Å²) in [5.74, 6) is 0. The van der Waals surface area contributed by atoms with Gasteiger partial charge in [-0.1, -0.05) is 12.1 Å². The molecule has 0 saturated carbocycles. The molecule has 0 aliphatic heterocycles. The van der Waals surface area contributed by atoms with Gasteiger partial charge in [0.1, 0.15) is 5.01 Å². The average Bonchev–Trinajstić information content (AvgIpc) is 2.86. The molecule has 21 heavy (non-hydrogen) atoms. The Balaban J connectivity index is 2.14. The summed E-state index contributed by atoms with van der Waals surface area (Å²) in [6.07, 6.45) is 0.516. The molecule has 2 aromatic rings. The molecule has 0 spiro atoms. The third-order valence-corrected chi connectivity index (χ3v) is 5.68. The number of aliphatic hydroxyl groups excluding tert-OH is 1. The molecule has 0 saturated heterocycles. The standard InChI is InChI=1S/C14H18N2O3S2/c1-10-9-20-14(15-10)11(2)16-21(18,19)13-5-3-12(4-6-13)7-8-17/h3-6,9,11,16-17H,7-8H2,1-2H3. The fourth-order valence-electron chi connectivity index (χ4n) is 1.89. The van der Waals surface area contributed by atoms with Crippen LogP contribution < -0.4 is 4.72 Å². The van der Waals surface area contributed by atoms with E-state index in [2.05, 4.69) is 9.71 Å². The zero-order valence-corrected chi connectivity index (χ0v) is 13.5. The van der Waals surface area contributed by atoms with Gasteiger partial charge in [0, 0.05) is 17.7 Å². The SMILES string of the molecule is Cc1csc(C(C)NS(=O)(=O)c2ccc(CCO)cc2)n1. The number of aromatic nitrogens is 1. The van der Waals surface area contributed by atoms with E-state index in [0.717, 1.165) is 16.3 Å². The van der Waals surface area contributed by atoms with E-state index < -0.39 is 10.0 Å². The third kappa shape index (κ3) is 4.10. The molecule has 1 unspecified atom stereocenters. The van der Waals surface area contributed by atoms with E-state index in [0.29, 0.717) is 6.42 Å². The summed E-state index contributed by atoms with van der Waals surface area (Å²) in [4.78, 5) is 4.50. The van der Waals surface area contributed by atoms with Crippen molar-refractivity contribution in [3.63, 3.8) is 0 Å². The molecule has 5 nitrogen and oxygen atoms in total. The molecule has 0 bridgehead atoms. The van der Waals surface area contributed by atoms with Gasteiger partial charge in [0.25, 0.3) is 0 Å². The number of hydrogen-bond acceptors (Lipinski definition) is 5. The zero-order chi connectivity index (χ0) is 15.5. The van der Waals surface area contributed by atoms with Gasteiger partial charge in [-0.15, -0.1) is 11.3 Å². The third-order valence-electron chi connectivity index (χ3n) is 2.97. The molecule has 1 heterocycles. The highest BCUT2D eigenvalue weighted by molar-refractivity contribution is 7.89. The van der Waals surface area contributed by atoms with Gasteiger partial charge < -0.3 is 5.11 Å². The molecular formula is C14H18N2O3S2. The lowest BCUT2D eigenvalue weighted by Crippen LogP contribution is -2.26. The van der Waals surface area contributed by atoms with Gasteiger partial charge in [-0.05, 0) is 38.0 Å². The molecular weight excluding hydrogens is 308 g/mol. The van der Waals surface area contributed by atoms with Crippen LogP contribution in [0.15, 0.2) is 34.5 Å². The van der Waals surface area contributed by atoms with Gasteiger partial charge in [-0.2, -0.15) is 0 Å². The smallest absolute Gasteiger partial charge is 0.241 e. The van der Waals surface area contributed by atoms with Gasteiger partial charge in [-0.25, -0.2) is 18.1 Å². The first-order chi connectivity index (χ1) is 9.92. The second-order valence-electron chi connectivity index (χ2n) is 4.79. The van der Waals surface area contributed by atoms with Crippen LogP contribution in [-0.2, 0) is 16.4 Å². The van der Waals surface area contributed by atoms with Gasteiger partial charge >= 0.3 is 0 Å². The predicted octanol–water partition coefficient (Wildman–Crippen LogP) is 2.03. The number of aliphatic hydroxyl groups is 1. The fraction of sp³-hybridized carbons (Fsp3) is 0.357. The summed E-state index contributed by atoms with van der Waals surface area (Å²) in [7, 11) is -3.58. The van der Waals surface area contributed by atoms with Crippen molar-refractivity contribution in [3.8, 4) is 0 Å². The van der Waals surface area contributed by atoms with E-state index in [1.165, 1.54) is 11.3 Å². The molecule has 0 fully saturated rings. The Bertz CT molecular complexity index is 693. The lowest BCUT2D eigenvalue weighted by atomic mass is 10.2. The lowest BCUT2D eigenvalue weighted by Gasteiger charge is -2.12. The second kappa shape index (κ2) is 6.65. The zero-order valence-electron chi connectivity index (χ0n) is 11.9. The van der Waals surface area contributed by atoms with Crippen molar-refractivity contribution in [2.45, 2.75) is 31.2 Å². The number of thiazole rings is 1. The lowest BCUT2D eigenvalue weighted by molar-refractivity contribution is 0.299. The molecule has 2 N–H and O–H groups in total. The summed E-state index contributed by atoms with van der Waals surface area (Å²) in [6.45, 7) is 3.70. The Hall–Kier alpha value is -1.28. The Morgan fingerprint density at radius 3 is 2.52 bits per heavy atom. The minimum absolute atomic E-state index is 0.0464. The topological polar surface area (TPSA) is 79.3 Å². The quantitative estimate of drug-likeness (QED) is 0.851. The van der Waals surface area contributed by atoms with Crippen molar-refractivity contribution in [2.24, 2.45) is 0 Å². The van der Waals surface area contributed by atoms with Crippen LogP contribution in [0.4, 0.5) is 0 Å². The number of hydrogen-bond donors (Lipinski definition) is 2. The van der Waals surface area contributed by atoms with Crippen molar-refractivity contribution in [2.75, 3.05) is 6.61 Å². The first kappa shape index (κ1) is 16.1. The molecule has 2 rings (SSSR count). The molecule has 1 aromatic carbocycles. The van der Waals surface area contributed by atoms with E-state index in [1.54, 1.807) is 31.2 Å². The van der Waals surface area contributed by atoms with E-state index in [1.807, 2.05) is 12.3 Å². The Morgan fingerprint density at radius 1 is 1.33 bits per heavy atom. The molecule has 7 heteroatoms. The van der Waals surface area contributed by atoms with Gasteiger partial charge in [0.05, 0.1) is 10.9 Å². The minimum Gasteiger partial charge on any atom is -0.396 e. The Labute approximate surface area is 128 Å². The van der Waals surface area contributed by atoms with Crippen LogP contribution in [0.5, 0.6) is 0 Å². The maximum absolute atomic E-state index is 12.3. The molecule has 0 radical (unpaired) electrons. The number of nitrogens with zero attached hydrogens (tertiary/aromatic N) is 1. The first-order valence-electron chi connectivity index (χ1n) is 6.56. The van der Waals surface area contributed by atoms with E-state index in [4.69, 9.17) is 5.11 Å². The summed E-state index contributed by atoms with van der Waals surface area (Å²) in [5, 5.41) is 11.5. The van der Waals surface area contributed by atoms with Crippen molar-refractivity contribution < 1.29 is 13.5 Å². The molecule has 114 valence electrons. The highest BCUT2D eigenvalue weighted by Gasteiger charge is 2.20. The second-order valence-corrected chi connectivity index (χ2v) is 7.39. The van der Waals surface area contributed by atoms with Crippen LogP contribution in [0, 0.1) is 6.92 Å². The monoisotopic (exact) mass is 326 g/mol. The highest BCUT2D eigenvalue weighted by atomic mass is 32.2. The maximum atomic E-state index is 12.3. The summed E-state index contributed by atoms with van der Waals surface area (Å²) >= 11 is 1.44. The van der Waals surface area contributed by atoms with Crippen LogP contribution in [0.3, 0.4) is 0 Å². The predicted molar refractivity (Wildman–Crippen MR) is 82.8 cm³/mol. The van der Waals surface area contributed by atoms with Crippen molar-refractivity contribution in [1.29, 1.82) is 0 Å². The summed E-state index contributed by atoms with van der Waals surface area (Å²) in [6, 6.07) is 6.15. The van der Waals surface area contributed by atoms with Crippen LogP contribution in [0.25, 0.3) is 0 Å². The normalized spacial score (nSPS) is 13.3. The van der Waals surface area contributed by atoms with E-state index in [-0.39, 0.29) is 17.5 Å². The van der Waals surface area contributed by atoms with Crippen molar-refractivity contribution in [1.82, 2.24) is 9.71 Å². The molecule has 0 amide bonds. The van der Waals surface area contributed by atoms with Crippen molar-refractivity contribution in [3.05, 3.63) is 45.9 Å². The molecule has 1 aromatic heterocycles. The van der Waals surface area contributed by atoms with Gasteiger partial charge in [0.2, 0.25) is 10.0 Å². The fourth-order valence-corrected chi connectivity index (χ4v) is 3.97. The number of rotatable bonds is 6. The molecule has 0 aliphatic carbocycles. The summed E-state index contributed by atoms with van der Waals surface area (Å²) < 4.78 is 27.2. The largest absolute Gasteiger partial charge is 0.396 e. The minimum atomic E-state index is -3.58. The van der Waals surface area contributed by atoms with Gasteiger partial charge in [0.15, 0.2) is 0 Å². The van der Waals surface area contributed by atoms with E-state index >= 15 is 0 Å².